The molecule has 4 heterocycles. The highest BCUT2D eigenvalue weighted by atomic mass is 16.2. The van der Waals surface area contributed by atoms with Crippen LogP contribution in [0.5, 0.6) is 0 Å². The van der Waals surface area contributed by atoms with Gasteiger partial charge in [-0.15, -0.1) is 0 Å². The molecule has 0 aromatic carbocycles. The molecule has 2 aliphatic heterocycles. The van der Waals surface area contributed by atoms with Gasteiger partial charge in [-0.25, -0.2) is 9.97 Å². The molecule has 7 heteroatoms. The first kappa shape index (κ1) is 12.1. The van der Waals surface area contributed by atoms with Crippen molar-refractivity contribution in [3.8, 4) is 0 Å². The van der Waals surface area contributed by atoms with E-state index in [9.17, 15) is 9.59 Å². The van der Waals surface area contributed by atoms with E-state index >= 15 is 0 Å². The molecule has 2 amide bonds. The van der Waals surface area contributed by atoms with Crippen LogP contribution in [0.3, 0.4) is 0 Å². The second kappa shape index (κ2) is 4.41. The Bertz CT molecular complexity index is 752. The number of pyridine rings is 1. The average Bonchev–Trinajstić information content (AvgIpc) is 3.09. The average molecular weight is 283 g/mol. The summed E-state index contributed by atoms with van der Waals surface area (Å²) in [5, 5.41) is 2.67. The van der Waals surface area contributed by atoms with Crippen molar-refractivity contribution in [1.82, 2.24) is 19.4 Å². The highest BCUT2D eigenvalue weighted by Gasteiger charge is 2.28. The summed E-state index contributed by atoms with van der Waals surface area (Å²) in [7, 11) is 0. The topological polar surface area (TPSA) is 80.1 Å². The smallest absolute Gasteiger partial charge is 0.254 e. The Kier molecular flexibility index (Phi) is 2.53. The van der Waals surface area contributed by atoms with Gasteiger partial charge in [0.1, 0.15) is 5.82 Å². The molecule has 2 aromatic heterocycles. The summed E-state index contributed by atoms with van der Waals surface area (Å²) >= 11 is 0. The lowest BCUT2D eigenvalue weighted by molar-refractivity contribution is -0.115. The van der Waals surface area contributed by atoms with Crippen molar-refractivity contribution in [3.63, 3.8) is 0 Å². The molecule has 0 bridgehead atoms. The number of aromatic nitrogens is 3. The molecule has 106 valence electrons. The molecule has 4 rings (SSSR count). The summed E-state index contributed by atoms with van der Waals surface area (Å²) in [6.07, 6.45) is 5.34. The van der Waals surface area contributed by atoms with E-state index in [4.69, 9.17) is 0 Å². The van der Waals surface area contributed by atoms with Gasteiger partial charge in [0.25, 0.3) is 5.91 Å². The first-order chi connectivity index (χ1) is 10.2. The van der Waals surface area contributed by atoms with Gasteiger partial charge in [0.05, 0.1) is 25.0 Å². The number of carbonyl (C=O) groups is 2. The molecule has 0 saturated carbocycles. The maximum atomic E-state index is 12.7. The molecule has 21 heavy (non-hydrogen) atoms. The Hall–Kier alpha value is -2.70. The summed E-state index contributed by atoms with van der Waals surface area (Å²) in [6, 6.07) is 1.69. The zero-order chi connectivity index (χ0) is 14.4. The quantitative estimate of drug-likeness (QED) is 0.823. The molecule has 0 saturated heterocycles. The van der Waals surface area contributed by atoms with Crippen molar-refractivity contribution in [2.24, 2.45) is 0 Å². The van der Waals surface area contributed by atoms with Crippen LogP contribution in [0.15, 0.2) is 24.8 Å². The van der Waals surface area contributed by atoms with E-state index in [-0.39, 0.29) is 18.2 Å². The first-order valence-electron chi connectivity index (χ1n) is 6.78. The normalized spacial score (nSPS) is 16.4. The van der Waals surface area contributed by atoms with Crippen LogP contribution in [0.25, 0.3) is 0 Å². The number of carbonyl (C=O) groups excluding carboxylic acids is 2. The molecule has 0 atom stereocenters. The van der Waals surface area contributed by atoms with E-state index in [0.29, 0.717) is 30.0 Å². The number of hydrogen-bond acceptors (Lipinski definition) is 4. The Morgan fingerprint density at radius 1 is 1.33 bits per heavy atom. The van der Waals surface area contributed by atoms with Gasteiger partial charge in [0, 0.05) is 36.6 Å². The second-order valence-corrected chi connectivity index (χ2v) is 5.22. The Morgan fingerprint density at radius 2 is 2.24 bits per heavy atom. The van der Waals surface area contributed by atoms with Crippen molar-refractivity contribution in [2.45, 2.75) is 19.5 Å². The summed E-state index contributed by atoms with van der Waals surface area (Å²) in [5.41, 5.74) is 2.28. The Balaban J connectivity index is 1.65. The minimum atomic E-state index is -0.116. The van der Waals surface area contributed by atoms with Crippen LogP contribution in [0.2, 0.25) is 0 Å². The van der Waals surface area contributed by atoms with Crippen molar-refractivity contribution < 1.29 is 9.59 Å². The van der Waals surface area contributed by atoms with Gasteiger partial charge in [-0.3, -0.25) is 9.59 Å². The molecule has 0 fully saturated rings. The largest absolute Gasteiger partial charge is 0.331 e. The summed E-state index contributed by atoms with van der Waals surface area (Å²) in [5.74, 6) is 0.333. The molecule has 2 aliphatic rings. The second-order valence-electron chi connectivity index (χ2n) is 5.22. The van der Waals surface area contributed by atoms with Gasteiger partial charge >= 0.3 is 0 Å². The number of nitrogens with one attached hydrogen (secondary N) is 1. The van der Waals surface area contributed by atoms with Crippen molar-refractivity contribution >= 4 is 17.6 Å². The number of imidazole rings is 1. The number of fused-ring (bicyclic) bond motifs is 2. The van der Waals surface area contributed by atoms with Gasteiger partial charge in [-0.2, -0.15) is 0 Å². The summed E-state index contributed by atoms with van der Waals surface area (Å²) < 4.78 is 2.05. The molecule has 1 N–H and O–H groups in total. The van der Waals surface area contributed by atoms with Crippen LogP contribution in [0.1, 0.15) is 21.6 Å². The van der Waals surface area contributed by atoms with Crippen LogP contribution < -0.4 is 5.32 Å². The number of hydrogen-bond donors (Lipinski definition) is 1. The Morgan fingerprint density at radius 3 is 3.14 bits per heavy atom. The van der Waals surface area contributed by atoms with Gasteiger partial charge in [-0.05, 0) is 6.07 Å². The lowest BCUT2D eigenvalue weighted by Gasteiger charge is -2.28. The fourth-order valence-corrected chi connectivity index (χ4v) is 2.84. The maximum absolute atomic E-state index is 12.7. The fraction of sp³-hybridized carbons (Fsp3) is 0.286. The maximum Gasteiger partial charge on any atom is 0.254 e. The fourth-order valence-electron chi connectivity index (χ4n) is 2.84. The van der Waals surface area contributed by atoms with Gasteiger partial charge in [-0.1, -0.05) is 0 Å². The molecule has 2 aromatic rings. The summed E-state index contributed by atoms with van der Waals surface area (Å²) in [4.78, 5) is 34.2. The van der Waals surface area contributed by atoms with E-state index in [1.165, 1.54) is 0 Å². The van der Waals surface area contributed by atoms with E-state index in [0.717, 1.165) is 12.2 Å². The van der Waals surface area contributed by atoms with Gasteiger partial charge in [0.2, 0.25) is 5.91 Å². The van der Waals surface area contributed by atoms with Crippen molar-refractivity contribution in [3.05, 3.63) is 41.6 Å². The molecule has 0 unspecified atom stereocenters. The lowest BCUT2D eigenvalue weighted by atomic mass is 10.1. The predicted molar refractivity (Wildman–Crippen MR) is 73.5 cm³/mol. The highest BCUT2D eigenvalue weighted by Crippen LogP contribution is 2.25. The zero-order valence-electron chi connectivity index (χ0n) is 11.2. The monoisotopic (exact) mass is 283 g/mol. The van der Waals surface area contributed by atoms with Crippen LogP contribution in [-0.4, -0.2) is 37.8 Å². The Labute approximate surface area is 120 Å². The molecule has 7 nitrogen and oxygen atoms in total. The van der Waals surface area contributed by atoms with Crippen LogP contribution >= 0.6 is 0 Å². The standard InChI is InChI=1S/C14H13N5O2/c20-12-5-11-10(1-2-16-13(11)17-12)14(21)18-3-4-19-8-15-6-9(19)7-18/h1-2,6,8H,3-5,7H2,(H,16,17,20). The SMILES string of the molecule is O=C1Cc2c(C(=O)N3CCn4cncc4C3)ccnc2N1. The van der Waals surface area contributed by atoms with Crippen LogP contribution in [-0.2, 0) is 24.3 Å². The van der Waals surface area contributed by atoms with E-state index in [2.05, 4.69) is 15.3 Å². The molecular formula is C14H13N5O2. The lowest BCUT2D eigenvalue weighted by Crippen LogP contribution is -2.38. The highest BCUT2D eigenvalue weighted by molar-refractivity contribution is 6.04. The van der Waals surface area contributed by atoms with Crippen LogP contribution in [0.4, 0.5) is 5.82 Å². The third kappa shape index (κ3) is 1.89. The van der Waals surface area contributed by atoms with Crippen molar-refractivity contribution in [2.75, 3.05) is 11.9 Å². The number of rotatable bonds is 1. The minimum absolute atomic E-state index is 0.0578. The minimum Gasteiger partial charge on any atom is -0.331 e. The first-order valence-corrected chi connectivity index (χ1v) is 6.78. The van der Waals surface area contributed by atoms with E-state index in [1.807, 2.05) is 4.57 Å². The molecule has 0 spiro atoms. The molecular weight excluding hydrogens is 270 g/mol. The molecule has 0 radical (unpaired) electrons. The van der Waals surface area contributed by atoms with Gasteiger partial charge in [0.15, 0.2) is 0 Å². The third-order valence-electron chi connectivity index (χ3n) is 3.93. The number of nitrogens with zero attached hydrogens (tertiary/aromatic N) is 4. The van der Waals surface area contributed by atoms with Crippen molar-refractivity contribution in [1.29, 1.82) is 0 Å². The number of amides is 2. The van der Waals surface area contributed by atoms with E-state index < -0.39 is 0 Å². The zero-order valence-corrected chi connectivity index (χ0v) is 11.2. The number of anilines is 1. The molecule has 0 aliphatic carbocycles. The third-order valence-corrected chi connectivity index (χ3v) is 3.93. The van der Waals surface area contributed by atoms with E-state index in [1.54, 1.807) is 29.7 Å². The van der Waals surface area contributed by atoms with Crippen LogP contribution in [0, 0.1) is 0 Å². The van der Waals surface area contributed by atoms with Gasteiger partial charge < -0.3 is 14.8 Å². The summed E-state index contributed by atoms with van der Waals surface area (Å²) in [6.45, 7) is 1.92. The predicted octanol–water partition coefficient (Wildman–Crippen LogP) is 0.429.